The van der Waals surface area contributed by atoms with Crippen LogP contribution in [0.2, 0.25) is 0 Å². The summed E-state index contributed by atoms with van der Waals surface area (Å²) >= 11 is 0.411. The van der Waals surface area contributed by atoms with Crippen LogP contribution in [0.5, 0.6) is 0 Å². The fraction of sp³-hybridized carbons (Fsp3) is 0.333. The second-order valence-corrected chi connectivity index (χ2v) is 5.16. The molecular formula is C12H16OSe. The molecule has 1 rings (SSSR count). The van der Waals surface area contributed by atoms with Crippen molar-refractivity contribution in [3.63, 3.8) is 0 Å². The predicted octanol–water partition coefficient (Wildman–Crippen LogP) is 1.69. The third-order valence-electron chi connectivity index (χ3n) is 1.92. The Bertz CT molecular complexity index is 269. The molecule has 0 aliphatic carbocycles. The molecule has 2 heteroatoms. The Morgan fingerprint density at radius 2 is 2.07 bits per heavy atom. The van der Waals surface area contributed by atoms with E-state index in [2.05, 4.69) is 35.3 Å². The van der Waals surface area contributed by atoms with Gasteiger partial charge in [-0.25, -0.2) is 0 Å². The Kier molecular flexibility index (Phi) is 5.62. The Morgan fingerprint density at radius 3 is 2.71 bits per heavy atom. The minimum atomic E-state index is -0.169. The summed E-state index contributed by atoms with van der Waals surface area (Å²) < 4.78 is 1.38. The molecule has 1 N–H and O–H groups in total. The van der Waals surface area contributed by atoms with Gasteiger partial charge in [-0.1, -0.05) is 0 Å². The molecule has 0 amide bonds. The summed E-state index contributed by atoms with van der Waals surface area (Å²) in [7, 11) is 0. The van der Waals surface area contributed by atoms with Gasteiger partial charge in [0.2, 0.25) is 0 Å². The average molecular weight is 255 g/mol. The van der Waals surface area contributed by atoms with Crippen molar-refractivity contribution < 1.29 is 5.11 Å². The van der Waals surface area contributed by atoms with Gasteiger partial charge in [-0.3, -0.25) is 0 Å². The summed E-state index contributed by atoms with van der Waals surface area (Å²) in [6, 6.07) is 10.4. The van der Waals surface area contributed by atoms with Gasteiger partial charge in [0.15, 0.2) is 0 Å². The normalized spacial score (nSPS) is 13.3. The van der Waals surface area contributed by atoms with Crippen molar-refractivity contribution in [3.05, 3.63) is 41.4 Å². The predicted molar refractivity (Wildman–Crippen MR) is 61.9 cm³/mol. The van der Waals surface area contributed by atoms with Crippen LogP contribution in [0.3, 0.4) is 0 Å². The molecular weight excluding hydrogens is 239 g/mol. The standard InChI is InChI=1S/C12H16OSe/c1-2-11(13)7-6-10-14-12-8-4-3-5-9-12/h3-6,8-11,13H,2,7H2,1H3. The van der Waals surface area contributed by atoms with Crippen LogP contribution in [0.4, 0.5) is 0 Å². The SMILES string of the molecule is CCC(O)CC=C[Se]c1ccccc1. The zero-order valence-electron chi connectivity index (χ0n) is 8.39. The molecule has 0 radical (unpaired) electrons. The molecule has 0 aliphatic rings. The van der Waals surface area contributed by atoms with Gasteiger partial charge in [-0.05, 0) is 0 Å². The van der Waals surface area contributed by atoms with Gasteiger partial charge in [0.25, 0.3) is 0 Å². The summed E-state index contributed by atoms with van der Waals surface area (Å²) in [5, 5.41) is 9.31. The first-order chi connectivity index (χ1) is 6.83. The van der Waals surface area contributed by atoms with E-state index in [0.29, 0.717) is 15.0 Å². The third kappa shape index (κ3) is 4.61. The molecule has 0 fully saturated rings. The van der Waals surface area contributed by atoms with Crippen LogP contribution in [0.25, 0.3) is 0 Å². The molecule has 1 aromatic carbocycles. The molecule has 14 heavy (non-hydrogen) atoms. The van der Waals surface area contributed by atoms with E-state index in [-0.39, 0.29) is 6.10 Å². The van der Waals surface area contributed by atoms with Gasteiger partial charge in [0.05, 0.1) is 0 Å². The second kappa shape index (κ2) is 6.83. The van der Waals surface area contributed by atoms with Crippen molar-refractivity contribution in [2.45, 2.75) is 25.9 Å². The number of aliphatic hydroxyl groups excluding tert-OH is 1. The molecule has 1 unspecified atom stereocenters. The van der Waals surface area contributed by atoms with Crippen LogP contribution < -0.4 is 4.46 Å². The number of hydrogen-bond acceptors (Lipinski definition) is 1. The molecule has 0 aliphatic heterocycles. The fourth-order valence-corrected chi connectivity index (χ4v) is 2.43. The maximum absolute atomic E-state index is 9.31. The van der Waals surface area contributed by atoms with E-state index >= 15 is 0 Å². The molecule has 0 bridgehead atoms. The number of rotatable bonds is 5. The molecule has 0 spiro atoms. The Labute approximate surface area is 92.0 Å². The second-order valence-electron chi connectivity index (χ2n) is 3.10. The van der Waals surface area contributed by atoms with E-state index in [9.17, 15) is 5.11 Å². The van der Waals surface area contributed by atoms with Crippen LogP contribution in [-0.4, -0.2) is 26.2 Å². The van der Waals surface area contributed by atoms with Crippen molar-refractivity contribution in [2.24, 2.45) is 0 Å². The summed E-state index contributed by atoms with van der Waals surface area (Å²) in [5.74, 6) is 0. The van der Waals surface area contributed by atoms with Gasteiger partial charge >= 0.3 is 91.8 Å². The number of hydrogen-bond donors (Lipinski definition) is 1. The van der Waals surface area contributed by atoms with E-state index in [1.165, 1.54) is 4.46 Å². The maximum atomic E-state index is 9.31. The molecule has 0 saturated carbocycles. The van der Waals surface area contributed by atoms with Gasteiger partial charge in [-0.15, -0.1) is 0 Å². The first kappa shape index (κ1) is 11.5. The summed E-state index contributed by atoms with van der Waals surface area (Å²) in [4.78, 5) is 2.18. The fourth-order valence-electron chi connectivity index (χ4n) is 1.01. The summed E-state index contributed by atoms with van der Waals surface area (Å²) in [6.45, 7) is 2.00. The van der Waals surface area contributed by atoms with Crippen molar-refractivity contribution in [3.8, 4) is 0 Å². The van der Waals surface area contributed by atoms with Crippen LogP contribution in [0.1, 0.15) is 19.8 Å². The van der Waals surface area contributed by atoms with E-state index < -0.39 is 0 Å². The van der Waals surface area contributed by atoms with Gasteiger partial charge in [0, 0.05) is 0 Å². The van der Waals surface area contributed by atoms with E-state index in [4.69, 9.17) is 0 Å². The molecule has 0 heterocycles. The number of benzene rings is 1. The van der Waals surface area contributed by atoms with Crippen molar-refractivity contribution in [1.82, 2.24) is 0 Å². The van der Waals surface area contributed by atoms with Crippen LogP contribution in [-0.2, 0) is 0 Å². The van der Waals surface area contributed by atoms with E-state index in [0.717, 1.165) is 12.8 Å². The van der Waals surface area contributed by atoms with Gasteiger partial charge in [-0.2, -0.15) is 0 Å². The van der Waals surface area contributed by atoms with Gasteiger partial charge in [0.1, 0.15) is 0 Å². The van der Waals surface area contributed by atoms with Crippen molar-refractivity contribution >= 4 is 19.4 Å². The zero-order valence-corrected chi connectivity index (χ0v) is 10.1. The van der Waals surface area contributed by atoms with E-state index in [1.807, 2.05) is 13.0 Å². The molecule has 0 saturated heterocycles. The Balaban J connectivity index is 2.27. The molecule has 1 atom stereocenters. The molecule has 1 nitrogen and oxygen atoms in total. The zero-order chi connectivity index (χ0) is 10.2. The molecule has 76 valence electrons. The topological polar surface area (TPSA) is 20.2 Å². The monoisotopic (exact) mass is 256 g/mol. The van der Waals surface area contributed by atoms with Crippen LogP contribution in [0.15, 0.2) is 41.4 Å². The van der Waals surface area contributed by atoms with Crippen LogP contribution >= 0.6 is 0 Å². The summed E-state index contributed by atoms with van der Waals surface area (Å²) in [5.41, 5.74) is 0. The van der Waals surface area contributed by atoms with Crippen molar-refractivity contribution in [2.75, 3.05) is 0 Å². The Morgan fingerprint density at radius 1 is 1.36 bits per heavy atom. The first-order valence-corrected chi connectivity index (χ1v) is 6.72. The molecule has 0 aromatic heterocycles. The molecule has 1 aromatic rings. The van der Waals surface area contributed by atoms with Gasteiger partial charge < -0.3 is 0 Å². The summed E-state index contributed by atoms with van der Waals surface area (Å²) in [6.07, 6.45) is 3.53. The minimum absolute atomic E-state index is 0.169. The van der Waals surface area contributed by atoms with E-state index in [1.54, 1.807) is 0 Å². The third-order valence-corrected chi connectivity index (χ3v) is 3.75. The van der Waals surface area contributed by atoms with Crippen molar-refractivity contribution in [1.29, 1.82) is 0 Å². The number of aliphatic hydroxyl groups is 1. The average Bonchev–Trinajstić information content (AvgIpc) is 2.25. The Hall–Kier alpha value is -0.561. The quantitative estimate of drug-likeness (QED) is 0.794. The van der Waals surface area contributed by atoms with Crippen LogP contribution in [0, 0.1) is 0 Å². The first-order valence-electron chi connectivity index (χ1n) is 4.87.